The van der Waals surface area contributed by atoms with E-state index in [4.69, 9.17) is 0 Å². The van der Waals surface area contributed by atoms with Crippen molar-refractivity contribution in [1.82, 2.24) is 10.6 Å². The van der Waals surface area contributed by atoms with E-state index in [0.717, 1.165) is 25.7 Å². The molecule has 23 heavy (non-hydrogen) atoms. The van der Waals surface area contributed by atoms with E-state index in [2.05, 4.69) is 16.0 Å². The molecule has 126 valence electrons. The Balaban J connectivity index is 1.65. The molecule has 5 nitrogen and oxygen atoms in total. The Morgan fingerprint density at radius 1 is 1.22 bits per heavy atom. The lowest BCUT2D eigenvalue weighted by Crippen LogP contribution is -2.43. The van der Waals surface area contributed by atoms with Gasteiger partial charge < -0.3 is 16.0 Å². The molecular weight excluding hydrogens is 297 g/mol. The lowest BCUT2D eigenvalue weighted by atomic mass is 9.96. The fourth-order valence-electron chi connectivity index (χ4n) is 2.67. The van der Waals surface area contributed by atoms with Gasteiger partial charge in [0.25, 0.3) is 0 Å². The number of hydrogen-bond acceptors (Lipinski definition) is 2. The van der Waals surface area contributed by atoms with E-state index < -0.39 is 0 Å². The van der Waals surface area contributed by atoms with Crippen molar-refractivity contribution in [3.63, 3.8) is 0 Å². The molecule has 1 aromatic carbocycles. The highest BCUT2D eigenvalue weighted by molar-refractivity contribution is 5.91. The van der Waals surface area contributed by atoms with E-state index in [1.54, 1.807) is 19.1 Å². The van der Waals surface area contributed by atoms with E-state index >= 15 is 0 Å². The summed E-state index contributed by atoms with van der Waals surface area (Å²) in [4.78, 5) is 23.5. The third kappa shape index (κ3) is 5.88. The molecule has 0 aliphatic heterocycles. The van der Waals surface area contributed by atoms with Crippen LogP contribution in [0.15, 0.2) is 18.2 Å². The first kappa shape index (κ1) is 17.2. The van der Waals surface area contributed by atoms with Crippen LogP contribution in [0.25, 0.3) is 0 Å². The second-order valence-corrected chi connectivity index (χ2v) is 6.00. The minimum absolute atomic E-state index is 0.146. The summed E-state index contributed by atoms with van der Waals surface area (Å²) in [5.74, 6) is -0.612. The number of amides is 3. The molecular formula is C17H24FN3O2. The number of rotatable bonds is 5. The molecule has 1 aromatic rings. The third-order valence-electron chi connectivity index (χ3n) is 4.03. The molecule has 1 aliphatic rings. The van der Waals surface area contributed by atoms with Crippen molar-refractivity contribution in [2.75, 3.05) is 11.9 Å². The number of nitrogens with one attached hydrogen (secondary N) is 3. The first-order valence-corrected chi connectivity index (χ1v) is 8.15. The summed E-state index contributed by atoms with van der Waals surface area (Å²) in [6.45, 7) is 1.91. The second-order valence-electron chi connectivity index (χ2n) is 6.00. The molecule has 6 heteroatoms. The van der Waals surface area contributed by atoms with E-state index in [0.29, 0.717) is 11.3 Å². The maximum absolute atomic E-state index is 13.4. The van der Waals surface area contributed by atoms with Crippen LogP contribution in [0.4, 0.5) is 14.9 Å². The normalized spacial score (nSPS) is 15.0. The average molecular weight is 321 g/mol. The topological polar surface area (TPSA) is 70.2 Å². The molecule has 3 amide bonds. The van der Waals surface area contributed by atoms with Crippen LogP contribution < -0.4 is 16.0 Å². The van der Waals surface area contributed by atoms with Crippen molar-refractivity contribution in [2.45, 2.75) is 51.5 Å². The van der Waals surface area contributed by atoms with Crippen molar-refractivity contribution in [3.8, 4) is 0 Å². The number of aryl methyl sites for hydroxylation is 1. The number of urea groups is 1. The molecule has 0 spiro atoms. The Kier molecular flexibility index (Phi) is 6.38. The molecule has 0 heterocycles. The highest BCUT2D eigenvalue weighted by Crippen LogP contribution is 2.17. The van der Waals surface area contributed by atoms with Gasteiger partial charge in [0, 0.05) is 24.7 Å². The number of hydrogen-bond donors (Lipinski definition) is 3. The van der Waals surface area contributed by atoms with Crippen LogP contribution >= 0.6 is 0 Å². The van der Waals surface area contributed by atoms with Gasteiger partial charge in [-0.25, -0.2) is 9.18 Å². The summed E-state index contributed by atoms with van der Waals surface area (Å²) in [6, 6.07) is 4.57. The fourth-order valence-corrected chi connectivity index (χ4v) is 2.67. The quantitative estimate of drug-likeness (QED) is 0.780. The Bertz CT molecular complexity index is 557. The fraction of sp³-hybridized carbons (Fsp3) is 0.529. The Morgan fingerprint density at radius 2 is 1.96 bits per heavy atom. The van der Waals surface area contributed by atoms with Gasteiger partial charge in [-0.3, -0.25) is 4.79 Å². The molecule has 1 saturated carbocycles. The summed E-state index contributed by atoms with van der Waals surface area (Å²) in [6.07, 6.45) is 5.73. The zero-order valence-corrected chi connectivity index (χ0v) is 13.5. The highest BCUT2D eigenvalue weighted by atomic mass is 19.1. The van der Waals surface area contributed by atoms with Gasteiger partial charge in [0.05, 0.1) is 0 Å². The standard InChI is InChI=1S/C17H24FN3O2/c1-12-7-8-14(11-15(12)18)20-16(22)9-10-19-17(23)21-13-5-3-2-4-6-13/h7-8,11,13H,2-6,9-10H2,1H3,(H,20,22)(H2,19,21,23). The summed E-state index contributed by atoms with van der Waals surface area (Å²) in [7, 11) is 0. The molecule has 0 radical (unpaired) electrons. The Hall–Kier alpha value is -2.11. The van der Waals surface area contributed by atoms with Crippen LogP contribution in [0.3, 0.4) is 0 Å². The van der Waals surface area contributed by atoms with Gasteiger partial charge >= 0.3 is 6.03 Å². The predicted molar refractivity (Wildman–Crippen MR) is 87.8 cm³/mol. The predicted octanol–water partition coefficient (Wildman–Crippen LogP) is 3.09. The van der Waals surface area contributed by atoms with Gasteiger partial charge in [0.15, 0.2) is 0 Å². The number of anilines is 1. The van der Waals surface area contributed by atoms with Crippen molar-refractivity contribution in [3.05, 3.63) is 29.6 Å². The van der Waals surface area contributed by atoms with E-state index in [1.165, 1.54) is 12.5 Å². The highest BCUT2D eigenvalue weighted by Gasteiger charge is 2.15. The van der Waals surface area contributed by atoms with Crippen LogP contribution in [0.5, 0.6) is 0 Å². The first-order valence-electron chi connectivity index (χ1n) is 8.15. The Labute approximate surface area is 136 Å². The smallest absolute Gasteiger partial charge is 0.315 e. The zero-order valence-electron chi connectivity index (χ0n) is 13.5. The monoisotopic (exact) mass is 321 g/mol. The average Bonchev–Trinajstić information content (AvgIpc) is 2.52. The number of halogens is 1. The Morgan fingerprint density at radius 3 is 2.65 bits per heavy atom. The van der Waals surface area contributed by atoms with Crippen LogP contribution in [0.1, 0.15) is 44.1 Å². The number of benzene rings is 1. The lowest BCUT2D eigenvalue weighted by molar-refractivity contribution is -0.116. The van der Waals surface area contributed by atoms with Gasteiger partial charge in [0.1, 0.15) is 5.82 Å². The molecule has 0 bridgehead atoms. The third-order valence-corrected chi connectivity index (χ3v) is 4.03. The van der Waals surface area contributed by atoms with Gasteiger partial charge in [-0.15, -0.1) is 0 Å². The van der Waals surface area contributed by atoms with Crippen LogP contribution in [0, 0.1) is 12.7 Å². The van der Waals surface area contributed by atoms with Gasteiger partial charge in [-0.05, 0) is 37.5 Å². The molecule has 1 aliphatic carbocycles. The van der Waals surface area contributed by atoms with E-state index in [9.17, 15) is 14.0 Å². The molecule has 0 aromatic heterocycles. The van der Waals surface area contributed by atoms with E-state index in [1.807, 2.05) is 0 Å². The summed E-state index contributed by atoms with van der Waals surface area (Å²) in [5.41, 5.74) is 0.953. The SMILES string of the molecule is Cc1ccc(NC(=O)CCNC(=O)NC2CCCCC2)cc1F. The van der Waals surface area contributed by atoms with Crippen LogP contribution in [-0.4, -0.2) is 24.5 Å². The van der Waals surface area contributed by atoms with Crippen molar-refractivity contribution in [2.24, 2.45) is 0 Å². The number of carbonyl (C=O) groups is 2. The minimum Gasteiger partial charge on any atom is -0.338 e. The minimum atomic E-state index is -0.354. The maximum Gasteiger partial charge on any atom is 0.315 e. The van der Waals surface area contributed by atoms with Crippen molar-refractivity contribution < 1.29 is 14.0 Å². The van der Waals surface area contributed by atoms with Crippen molar-refractivity contribution in [1.29, 1.82) is 0 Å². The van der Waals surface area contributed by atoms with Gasteiger partial charge in [0.2, 0.25) is 5.91 Å². The summed E-state index contributed by atoms with van der Waals surface area (Å²) >= 11 is 0. The maximum atomic E-state index is 13.4. The molecule has 1 fully saturated rings. The molecule has 0 saturated heterocycles. The van der Waals surface area contributed by atoms with Gasteiger partial charge in [-0.1, -0.05) is 25.3 Å². The summed E-state index contributed by atoms with van der Waals surface area (Å²) in [5, 5.41) is 8.22. The largest absolute Gasteiger partial charge is 0.338 e. The molecule has 3 N–H and O–H groups in total. The summed E-state index contributed by atoms with van der Waals surface area (Å²) < 4.78 is 13.4. The molecule has 2 rings (SSSR count). The van der Waals surface area contributed by atoms with Gasteiger partial charge in [-0.2, -0.15) is 0 Å². The lowest BCUT2D eigenvalue weighted by Gasteiger charge is -2.22. The first-order chi connectivity index (χ1) is 11.0. The zero-order chi connectivity index (χ0) is 16.7. The second kappa shape index (κ2) is 8.50. The van der Waals surface area contributed by atoms with E-state index in [-0.39, 0.29) is 36.8 Å². The van der Waals surface area contributed by atoms with Crippen molar-refractivity contribution >= 4 is 17.6 Å². The number of carbonyl (C=O) groups excluding carboxylic acids is 2. The molecule has 0 unspecified atom stereocenters. The van der Waals surface area contributed by atoms with Crippen LogP contribution in [0.2, 0.25) is 0 Å². The van der Waals surface area contributed by atoms with Crippen LogP contribution in [-0.2, 0) is 4.79 Å². The molecule has 0 atom stereocenters.